The number of fused-ring (bicyclic) bond motifs is 1. The Balaban J connectivity index is 1.92. The average Bonchev–Trinajstić information content (AvgIpc) is 2.75. The zero-order valence-electron chi connectivity index (χ0n) is 20.3. The molecule has 3 rings (SSSR count). The van der Waals surface area contributed by atoms with Crippen LogP contribution in [0.1, 0.15) is 56.3 Å². The SMILES string of the molecule is C[C@@H]1CN([C@H](C)CO)C(=O)c2cccc(NS(C)(=O)=O)c2O[C@@H]1CN(C)CC1CCCCC1. The van der Waals surface area contributed by atoms with Gasteiger partial charge in [0.05, 0.1) is 30.2 Å². The number of carbonyl (C=O) groups excluding carboxylic acids is 1. The minimum Gasteiger partial charge on any atom is -0.486 e. The van der Waals surface area contributed by atoms with Gasteiger partial charge in [0.25, 0.3) is 5.91 Å². The molecular weight excluding hydrogens is 442 g/mol. The topological polar surface area (TPSA) is 99.2 Å². The Morgan fingerprint density at radius 2 is 1.94 bits per heavy atom. The Hall–Kier alpha value is -1.84. The summed E-state index contributed by atoms with van der Waals surface area (Å²) in [6.45, 7) is 5.82. The van der Waals surface area contributed by atoms with Crippen LogP contribution in [0.5, 0.6) is 5.75 Å². The fourth-order valence-corrected chi connectivity index (χ4v) is 5.49. The van der Waals surface area contributed by atoms with Crippen molar-refractivity contribution in [1.29, 1.82) is 0 Å². The highest BCUT2D eigenvalue weighted by molar-refractivity contribution is 7.92. The predicted molar refractivity (Wildman–Crippen MR) is 130 cm³/mol. The van der Waals surface area contributed by atoms with Gasteiger partial charge in [-0.1, -0.05) is 32.3 Å². The maximum Gasteiger partial charge on any atom is 0.258 e. The number of rotatable bonds is 8. The van der Waals surface area contributed by atoms with E-state index >= 15 is 0 Å². The van der Waals surface area contributed by atoms with Crippen molar-refractivity contribution >= 4 is 21.6 Å². The van der Waals surface area contributed by atoms with Gasteiger partial charge in [0, 0.05) is 25.6 Å². The van der Waals surface area contributed by atoms with E-state index in [9.17, 15) is 18.3 Å². The highest BCUT2D eigenvalue weighted by atomic mass is 32.2. The predicted octanol–water partition coefficient (Wildman–Crippen LogP) is 2.79. The summed E-state index contributed by atoms with van der Waals surface area (Å²) in [5.74, 6) is 0.654. The summed E-state index contributed by atoms with van der Waals surface area (Å²) in [6.07, 6.45) is 7.25. The second kappa shape index (κ2) is 11.1. The summed E-state index contributed by atoms with van der Waals surface area (Å²) in [4.78, 5) is 17.4. The van der Waals surface area contributed by atoms with Gasteiger partial charge in [0.15, 0.2) is 5.75 Å². The molecule has 2 aliphatic rings. The lowest BCUT2D eigenvalue weighted by molar-refractivity contribution is 0.0333. The van der Waals surface area contributed by atoms with Crippen molar-refractivity contribution in [3.8, 4) is 5.75 Å². The van der Waals surface area contributed by atoms with Crippen molar-refractivity contribution in [2.75, 3.05) is 44.3 Å². The smallest absolute Gasteiger partial charge is 0.258 e. The zero-order chi connectivity index (χ0) is 24.2. The number of ether oxygens (including phenoxy) is 1. The van der Waals surface area contributed by atoms with E-state index in [2.05, 4.69) is 16.7 Å². The van der Waals surface area contributed by atoms with Crippen LogP contribution in [0.25, 0.3) is 0 Å². The molecule has 186 valence electrons. The van der Waals surface area contributed by atoms with Crippen LogP contribution in [0, 0.1) is 11.8 Å². The first-order valence-corrected chi connectivity index (χ1v) is 13.9. The zero-order valence-corrected chi connectivity index (χ0v) is 21.1. The number of hydrogen-bond donors (Lipinski definition) is 2. The van der Waals surface area contributed by atoms with E-state index in [1.165, 1.54) is 32.1 Å². The minimum absolute atomic E-state index is 0.0174. The molecule has 3 atom stereocenters. The molecule has 1 aromatic carbocycles. The van der Waals surface area contributed by atoms with Gasteiger partial charge in [-0.15, -0.1) is 0 Å². The highest BCUT2D eigenvalue weighted by Crippen LogP contribution is 2.35. The number of para-hydroxylation sites is 1. The highest BCUT2D eigenvalue weighted by Gasteiger charge is 2.35. The number of benzene rings is 1. The summed E-state index contributed by atoms with van der Waals surface area (Å²) < 4.78 is 32.9. The second-order valence-corrected chi connectivity index (χ2v) is 11.7. The lowest BCUT2D eigenvalue weighted by Crippen LogP contribution is -2.50. The molecule has 0 saturated heterocycles. The van der Waals surface area contributed by atoms with Crippen LogP contribution in [-0.4, -0.2) is 80.9 Å². The van der Waals surface area contributed by atoms with Crippen molar-refractivity contribution in [2.45, 2.75) is 58.1 Å². The van der Waals surface area contributed by atoms with E-state index in [-0.39, 0.29) is 42.0 Å². The second-order valence-electron chi connectivity index (χ2n) is 9.90. The van der Waals surface area contributed by atoms with E-state index in [4.69, 9.17) is 4.74 Å². The quantitative estimate of drug-likeness (QED) is 0.592. The van der Waals surface area contributed by atoms with Crippen LogP contribution in [-0.2, 0) is 10.0 Å². The fraction of sp³-hybridized carbons (Fsp3) is 0.708. The maximum absolute atomic E-state index is 13.4. The molecule has 2 N–H and O–H groups in total. The van der Waals surface area contributed by atoms with Crippen molar-refractivity contribution in [2.24, 2.45) is 11.8 Å². The van der Waals surface area contributed by atoms with Crippen LogP contribution >= 0.6 is 0 Å². The first-order valence-electron chi connectivity index (χ1n) is 12.0. The lowest BCUT2D eigenvalue weighted by atomic mass is 9.89. The molecule has 1 aromatic rings. The van der Waals surface area contributed by atoms with Crippen LogP contribution in [0.2, 0.25) is 0 Å². The largest absolute Gasteiger partial charge is 0.486 e. The maximum atomic E-state index is 13.4. The number of nitrogens with zero attached hydrogens (tertiary/aromatic N) is 2. The van der Waals surface area contributed by atoms with Crippen LogP contribution in [0.15, 0.2) is 18.2 Å². The van der Waals surface area contributed by atoms with E-state index in [0.717, 1.165) is 12.8 Å². The lowest BCUT2D eigenvalue weighted by Gasteiger charge is -2.39. The van der Waals surface area contributed by atoms with Gasteiger partial charge in [-0.05, 0) is 44.9 Å². The van der Waals surface area contributed by atoms with E-state index in [1.54, 1.807) is 23.1 Å². The first kappa shape index (κ1) is 25.8. The normalized spacial score (nSPS) is 23.5. The Bertz CT molecular complexity index is 917. The molecular formula is C24H39N3O5S. The van der Waals surface area contributed by atoms with E-state index in [0.29, 0.717) is 24.6 Å². The Kier molecular flexibility index (Phi) is 8.64. The summed E-state index contributed by atoms with van der Waals surface area (Å²) in [7, 11) is -1.46. The molecule has 0 unspecified atom stereocenters. The molecule has 0 bridgehead atoms. The molecule has 1 aliphatic heterocycles. The summed E-state index contributed by atoms with van der Waals surface area (Å²) >= 11 is 0. The number of carbonyl (C=O) groups is 1. The third-order valence-corrected chi connectivity index (χ3v) is 7.36. The third-order valence-electron chi connectivity index (χ3n) is 6.77. The molecule has 0 radical (unpaired) electrons. The van der Waals surface area contributed by atoms with Gasteiger partial charge in [0.1, 0.15) is 6.10 Å². The monoisotopic (exact) mass is 481 g/mol. The molecule has 0 aromatic heterocycles. The first-order chi connectivity index (χ1) is 15.6. The average molecular weight is 482 g/mol. The standard InChI is InChI=1S/C24H39N3O5S/c1-17-13-27(18(2)16-28)24(29)20-11-8-12-21(25-33(4,30)31)23(20)32-22(17)15-26(3)14-19-9-6-5-7-10-19/h8,11-12,17-19,22,25,28H,5-7,9-10,13-16H2,1-4H3/t17-,18-,22-/m1/s1. The van der Waals surface area contributed by atoms with Crippen LogP contribution in [0.3, 0.4) is 0 Å². The van der Waals surface area contributed by atoms with Crippen molar-refractivity contribution in [1.82, 2.24) is 9.80 Å². The van der Waals surface area contributed by atoms with E-state index in [1.807, 2.05) is 13.8 Å². The molecule has 33 heavy (non-hydrogen) atoms. The van der Waals surface area contributed by atoms with Gasteiger partial charge in [-0.25, -0.2) is 8.42 Å². The van der Waals surface area contributed by atoms with Crippen LogP contribution in [0.4, 0.5) is 5.69 Å². The number of amides is 1. The molecule has 9 heteroatoms. The Morgan fingerprint density at radius 1 is 1.24 bits per heavy atom. The van der Waals surface area contributed by atoms with Gasteiger partial charge >= 0.3 is 0 Å². The van der Waals surface area contributed by atoms with Crippen molar-refractivity contribution < 1.29 is 23.1 Å². The Morgan fingerprint density at radius 3 is 2.58 bits per heavy atom. The van der Waals surface area contributed by atoms with Gasteiger partial charge < -0.3 is 19.6 Å². The number of hydrogen-bond acceptors (Lipinski definition) is 6. The van der Waals surface area contributed by atoms with Crippen molar-refractivity contribution in [3.63, 3.8) is 0 Å². The summed E-state index contributed by atoms with van der Waals surface area (Å²) in [5, 5.41) is 9.78. The van der Waals surface area contributed by atoms with Gasteiger partial charge in [-0.3, -0.25) is 9.52 Å². The molecule has 8 nitrogen and oxygen atoms in total. The molecule has 1 saturated carbocycles. The molecule has 1 amide bonds. The molecule has 1 fully saturated rings. The number of likely N-dealkylation sites (N-methyl/N-ethyl adjacent to an activating group) is 1. The summed E-state index contributed by atoms with van der Waals surface area (Å²) in [6, 6.07) is 4.55. The number of sulfonamides is 1. The van der Waals surface area contributed by atoms with Crippen molar-refractivity contribution in [3.05, 3.63) is 23.8 Å². The number of aliphatic hydroxyl groups excluding tert-OH is 1. The Labute approximate surface area is 198 Å². The third kappa shape index (κ3) is 6.83. The minimum atomic E-state index is -3.56. The number of nitrogens with one attached hydrogen (secondary N) is 1. The van der Waals surface area contributed by atoms with Crippen LogP contribution < -0.4 is 9.46 Å². The molecule has 1 aliphatic carbocycles. The number of anilines is 1. The fourth-order valence-electron chi connectivity index (χ4n) is 4.93. The molecule has 1 heterocycles. The van der Waals surface area contributed by atoms with Gasteiger partial charge in [0.2, 0.25) is 10.0 Å². The van der Waals surface area contributed by atoms with E-state index < -0.39 is 10.0 Å². The van der Waals surface area contributed by atoms with Gasteiger partial charge in [-0.2, -0.15) is 0 Å². The number of aliphatic hydroxyl groups is 1. The molecule has 0 spiro atoms. The summed E-state index contributed by atoms with van der Waals surface area (Å²) in [5.41, 5.74) is 0.560.